The van der Waals surface area contributed by atoms with Gasteiger partial charge in [-0.25, -0.2) is 9.80 Å². The van der Waals surface area contributed by atoms with E-state index in [9.17, 15) is 24.6 Å². The number of nitrogens with zero attached hydrogens (tertiary/aromatic N) is 1. The average Bonchev–Trinajstić information content (AvgIpc) is 2.92. The molecule has 3 aromatic rings. The third kappa shape index (κ3) is 9.57. The Balaban J connectivity index is 1.98. The maximum absolute atomic E-state index is 13.7. The molecule has 0 fully saturated rings. The normalized spacial score (nSPS) is 13.5. The Morgan fingerprint density at radius 1 is 0.952 bits per heavy atom. The SMILES string of the molecule is COC(=O)N[C@H](C(=O)NN(Cc1ccc(Br)cc1)C[C@@](O)(Cc1ccccc1)C(=O)Nc1cccc(O)c1)C(C)(C)C. The van der Waals surface area contributed by atoms with Gasteiger partial charge in [0.15, 0.2) is 5.60 Å². The number of aromatic hydroxyl groups is 1. The number of halogens is 1. The van der Waals surface area contributed by atoms with Crippen molar-refractivity contribution in [3.8, 4) is 5.75 Å². The molecule has 0 aliphatic carbocycles. The molecule has 2 atom stereocenters. The summed E-state index contributed by atoms with van der Waals surface area (Å²) in [4.78, 5) is 39.3. The Labute approximate surface area is 254 Å². The van der Waals surface area contributed by atoms with Gasteiger partial charge in [-0.1, -0.05) is 85.2 Å². The van der Waals surface area contributed by atoms with Crippen molar-refractivity contribution in [1.29, 1.82) is 0 Å². The van der Waals surface area contributed by atoms with Crippen LogP contribution in [0.15, 0.2) is 83.3 Å². The van der Waals surface area contributed by atoms with Crippen LogP contribution in [0.1, 0.15) is 31.9 Å². The van der Waals surface area contributed by atoms with Crippen LogP contribution in [0.2, 0.25) is 0 Å². The van der Waals surface area contributed by atoms with Gasteiger partial charge in [-0.3, -0.25) is 15.0 Å². The van der Waals surface area contributed by atoms with Crippen molar-refractivity contribution in [3.05, 3.63) is 94.5 Å². The van der Waals surface area contributed by atoms with Gasteiger partial charge in [0.2, 0.25) is 0 Å². The lowest BCUT2D eigenvalue weighted by atomic mass is 9.86. The fraction of sp³-hybridized carbons (Fsp3) is 0.323. The largest absolute Gasteiger partial charge is 0.508 e. The summed E-state index contributed by atoms with van der Waals surface area (Å²) in [6.07, 6.45) is -0.843. The number of aliphatic hydroxyl groups is 1. The van der Waals surface area contributed by atoms with Crippen LogP contribution in [-0.4, -0.2) is 58.4 Å². The summed E-state index contributed by atoms with van der Waals surface area (Å²) in [5, 5.41) is 28.6. The van der Waals surface area contributed by atoms with Crippen LogP contribution in [0.25, 0.3) is 0 Å². The Bertz CT molecular complexity index is 1360. The highest BCUT2D eigenvalue weighted by molar-refractivity contribution is 9.10. The number of hydrazine groups is 1. The van der Waals surface area contributed by atoms with Gasteiger partial charge in [0.05, 0.1) is 13.7 Å². The van der Waals surface area contributed by atoms with E-state index in [1.807, 2.05) is 30.3 Å². The van der Waals surface area contributed by atoms with E-state index in [1.54, 1.807) is 57.2 Å². The van der Waals surface area contributed by atoms with E-state index in [0.29, 0.717) is 11.3 Å². The number of carbonyl (C=O) groups excluding carboxylic acids is 3. The first-order valence-corrected chi connectivity index (χ1v) is 14.1. The molecule has 11 heteroatoms. The molecule has 0 aliphatic heterocycles. The molecule has 0 aromatic heterocycles. The van der Waals surface area contributed by atoms with Crippen molar-refractivity contribution < 1.29 is 29.3 Å². The number of ether oxygens (including phenoxy) is 1. The number of hydrogen-bond donors (Lipinski definition) is 5. The van der Waals surface area contributed by atoms with Crippen LogP contribution in [0.5, 0.6) is 5.75 Å². The number of anilines is 1. The molecule has 0 unspecified atom stereocenters. The highest BCUT2D eigenvalue weighted by Gasteiger charge is 2.40. The zero-order chi connectivity index (χ0) is 30.9. The quantitative estimate of drug-likeness (QED) is 0.196. The average molecular weight is 642 g/mol. The second kappa shape index (κ2) is 14.3. The van der Waals surface area contributed by atoms with Crippen LogP contribution < -0.4 is 16.1 Å². The number of alkyl carbamates (subject to hydrolysis) is 1. The Morgan fingerprint density at radius 2 is 1.62 bits per heavy atom. The van der Waals surface area contributed by atoms with Gasteiger partial charge >= 0.3 is 6.09 Å². The third-order valence-corrected chi connectivity index (χ3v) is 6.98. The van der Waals surface area contributed by atoms with Gasteiger partial charge in [-0.2, -0.15) is 0 Å². The topological polar surface area (TPSA) is 140 Å². The summed E-state index contributed by atoms with van der Waals surface area (Å²) in [5.41, 5.74) is 1.86. The lowest BCUT2D eigenvalue weighted by Crippen LogP contribution is -2.61. The van der Waals surface area contributed by atoms with E-state index in [0.717, 1.165) is 10.0 Å². The number of phenols is 1. The van der Waals surface area contributed by atoms with Gasteiger partial charge in [0.25, 0.3) is 11.8 Å². The molecule has 10 nitrogen and oxygen atoms in total. The predicted molar refractivity (Wildman–Crippen MR) is 163 cm³/mol. The van der Waals surface area contributed by atoms with E-state index < -0.39 is 35.0 Å². The van der Waals surface area contributed by atoms with E-state index >= 15 is 0 Å². The molecular weight excluding hydrogens is 604 g/mol. The molecule has 0 heterocycles. The standard InChI is InChI=1S/C31H37BrN4O6/c1-30(2,3)26(34-29(40)42-4)27(38)35-36(19-22-13-15-23(32)16-14-22)20-31(41,18-21-9-6-5-7-10-21)28(39)33-24-11-8-12-25(37)17-24/h5-17,26,37,41H,18-20H2,1-4H3,(H,33,39)(H,34,40)(H,35,38)/t26-,31+/m1/s1. The van der Waals surface area contributed by atoms with Crippen LogP contribution in [0.4, 0.5) is 10.5 Å². The summed E-state index contributed by atoms with van der Waals surface area (Å²) in [5.74, 6) is -1.33. The van der Waals surface area contributed by atoms with Gasteiger partial charge in [0, 0.05) is 29.2 Å². The van der Waals surface area contributed by atoms with Crippen molar-refractivity contribution in [2.45, 2.75) is 45.4 Å². The molecule has 3 amide bonds. The monoisotopic (exact) mass is 640 g/mol. The second-order valence-corrected chi connectivity index (χ2v) is 12.0. The highest BCUT2D eigenvalue weighted by atomic mass is 79.9. The number of carbonyl (C=O) groups is 3. The molecule has 3 aromatic carbocycles. The first-order chi connectivity index (χ1) is 19.8. The number of benzene rings is 3. The van der Waals surface area contributed by atoms with E-state index in [4.69, 9.17) is 4.74 Å². The molecule has 5 N–H and O–H groups in total. The zero-order valence-electron chi connectivity index (χ0n) is 24.1. The smallest absolute Gasteiger partial charge is 0.407 e. The zero-order valence-corrected chi connectivity index (χ0v) is 25.6. The van der Waals surface area contributed by atoms with Gasteiger partial charge in [-0.15, -0.1) is 0 Å². The lowest BCUT2D eigenvalue weighted by molar-refractivity contribution is -0.142. The number of rotatable bonds is 11. The number of hydrogen-bond acceptors (Lipinski definition) is 7. The first kappa shape index (κ1) is 32.6. The van der Waals surface area contributed by atoms with Gasteiger partial charge in [0.1, 0.15) is 11.8 Å². The Hall–Kier alpha value is -3.93. The fourth-order valence-corrected chi connectivity index (χ4v) is 4.57. The molecule has 0 saturated heterocycles. The number of amides is 3. The Kier molecular flexibility index (Phi) is 11.1. The van der Waals surface area contributed by atoms with Crippen LogP contribution in [0.3, 0.4) is 0 Å². The van der Waals surface area contributed by atoms with Crippen LogP contribution in [-0.2, 0) is 27.3 Å². The van der Waals surface area contributed by atoms with Gasteiger partial charge < -0.3 is 25.6 Å². The summed E-state index contributed by atoms with van der Waals surface area (Å²) in [6, 6.07) is 21.4. The summed E-state index contributed by atoms with van der Waals surface area (Å²) < 4.78 is 5.59. The molecule has 224 valence electrons. The molecule has 0 aliphatic rings. The van der Waals surface area contributed by atoms with Crippen molar-refractivity contribution in [3.63, 3.8) is 0 Å². The second-order valence-electron chi connectivity index (χ2n) is 11.1. The maximum atomic E-state index is 13.7. The number of nitrogens with one attached hydrogen (secondary N) is 3. The van der Waals surface area contributed by atoms with E-state index in [2.05, 4.69) is 32.0 Å². The minimum absolute atomic E-state index is 0.0464. The van der Waals surface area contributed by atoms with Crippen molar-refractivity contribution >= 4 is 39.5 Å². The van der Waals surface area contributed by atoms with Crippen LogP contribution >= 0.6 is 15.9 Å². The number of methoxy groups -OCH3 is 1. The van der Waals surface area contributed by atoms with Crippen molar-refractivity contribution in [1.82, 2.24) is 15.8 Å². The number of phenolic OH excluding ortho intramolecular Hbond substituents is 1. The minimum atomic E-state index is -2.04. The molecule has 3 rings (SSSR count). The molecule has 0 saturated carbocycles. The van der Waals surface area contributed by atoms with Crippen molar-refractivity contribution in [2.24, 2.45) is 5.41 Å². The molecule has 0 radical (unpaired) electrons. The predicted octanol–water partition coefficient (Wildman–Crippen LogP) is 4.37. The fourth-order valence-electron chi connectivity index (χ4n) is 4.31. The summed E-state index contributed by atoms with van der Waals surface area (Å²) >= 11 is 3.42. The van der Waals surface area contributed by atoms with E-state index in [-0.39, 0.29) is 25.3 Å². The minimum Gasteiger partial charge on any atom is -0.508 e. The Morgan fingerprint density at radius 3 is 2.21 bits per heavy atom. The first-order valence-electron chi connectivity index (χ1n) is 13.3. The highest BCUT2D eigenvalue weighted by Crippen LogP contribution is 2.23. The van der Waals surface area contributed by atoms with E-state index in [1.165, 1.54) is 24.3 Å². The summed E-state index contributed by atoms with van der Waals surface area (Å²) in [6.45, 7) is 5.19. The van der Waals surface area contributed by atoms with Gasteiger partial charge in [-0.05, 0) is 40.8 Å². The molecule has 0 spiro atoms. The maximum Gasteiger partial charge on any atom is 0.407 e. The lowest BCUT2D eigenvalue weighted by Gasteiger charge is -2.36. The van der Waals surface area contributed by atoms with Crippen LogP contribution in [0, 0.1) is 5.41 Å². The molecular formula is C31H37BrN4O6. The molecule has 42 heavy (non-hydrogen) atoms. The summed E-state index contributed by atoms with van der Waals surface area (Å²) in [7, 11) is 1.21. The van der Waals surface area contributed by atoms with Crippen molar-refractivity contribution in [2.75, 3.05) is 19.0 Å². The third-order valence-electron chi connectivity index (χ3n) is 6.45. The molecule has 0 bridgehead atoms.